The van der Waals surface area contributed by atoms with E-state index in [1.165, 1.54) is 0 Å². The lowest BCUT2D eigenvalue weighted by atomic mass is 9.99. The minimum Gasteiger partial charge on any atom is -0.496 e. The van der Waals surface area contributed by atoms with Crippen LogP contribution in [0.15, 0.2) is 30.3 Å². The van der Waals surface area contributed by atoms with Crippen LogP contribution in [0.4, 0.5) is 0 Å². The molecule has 0 unspecified atom stereocenters. The number of ether oxygens (including phenoxy) is 1. The number of nitrogens with two attached hydrogens (primary N) is 1. The molecule has 132 valence electrons. The van der Waals surface area contributed by atoms with Gasteiger partial charge in [0.25, 0.3) is 0 Å². The summed E-state index contributed by atoms with van der Waals surface area (Å²) in [5.41, 5.74) is 9.53. The summed E-state index contributed by atoms with van der Waals surface area (Å²) in [6, 6.07) is 9.25. The zero-order valence-electron chi connectivity index (χ0n) is 13.8. The van der Waals surface area contributed by atoms with Crippen LogP contribution in [0.1, 0.15) is 18.4 Å². The van der Waals surface area contributed by atoms with Gasteiger partial charge in [-0.05, 0) is 61.7 Å². The first-order chi connectivity index (χ1) is 12.0. The zero-order valence-corrected chi connectivity index (χ0v) is 16.1. The first kappa shape index (κ1) is 18.4. The lowest BCUT2D eigenvalue weighted by molar-refractivity contribution is 0.416. The van der Waals surface area contributed by atoms with Crippen molar-refractivity contribution in [2.24, 2.45) is 5.73 Å². The van der Waals surface area contributed by atoms with Gasteiger partial charge in [-0.1, -0.05) is 34.8 Å². The molecule has 0 saturated carbocycles. The van der Waals surface area contributed by atoms with E-state index in [2.05, 4.69) is 4.98 Å². The normalized spacial score (nSPS) is 11.2. The molecule has 0 fully saturated rings. The highest BCUT2D eigenvalue weighted by Gasteiger charge is 2.18. The van der Waals surface area contributed by atoms with E-state index in [-0.39, 0.29) is 0 Å². The zero-order chi connectivity index (χ0) is 18.0. The van der Waals surface area contributed by atoms with Crippen LogP contribution in [-0.4, -0.2) is 18.6 Å². The van der Waals surface area contributed by atoms with Gasteiger partial charge in [0.05, 0.1) is 23.3 Å². The van der Waals surface area contributed by atoms with E-state index in [9.17, 15) is 0 Å². The number of rotatable bonds is 6. The van der Waals surface area contributed by atoms with E-state index in [0.29, 0.717) is 21.6 Å². The quantitative estimate of drug-likeness (QED) is 0.495. The van der Waals surface area contributed by atoms with Crippen LogP contribution >= 0.6 is 34.8 Å². The van der Waals surface area contributed by atoms with E-state index in [0.717, 1.165) is 52.7 Å². The second-order valence-electron chi connectivity index (χ2n) is 5.88. The number of aryl methyl sites for hydroxylation is 1. The van der Waals surface area contributed by atoms with Crippen molar-refractivity contribution in [2.45, 2.75) is 19.3 Å². The number of halogens is 3. The SMILES string of the molecule is COc1ccc(Cl)cc1-c1[nH]c2c(Cl)cc(Cl)cc2c1CCCCN. The number of unbranched alkanes of at least 4 members (excludes halogenated alkanes) is 1. The summed E-state index contributed by atoms with van der Waals surface area (Å²) in [6.07, 6.45) is 2.79. The Bertz CT molecular complexity index is 905. The third-order valence-electron chi connectivity index (χ3n) is 4.24. The highest BCUT2D eigenvalue weighted by atomic mass is 35.5. The number of hydrogen-bond donors (Lipinski definition) is 2. The Balaban J connectivity index is 2.25. The number of hydrogen-bond acceptors (Lipinski definition) is 2. The van der Waals surface area contributed by atoms with Crippen LogP contribution in [0.25, 0.3) is 22.2 Å². The molecule has 3 nitrogen and oxygen atoms in total. The van der Waals surface area contributed by atoms with E-state index in [4.69, 9.17) is 45.3 Å². The van der Waals surface area contributed by atoms with Crippen molar-refractivity contribution in [1.29, 1.82) is 0 Å². The van der Waals surface area contributed by atoms with Gasteiger partial charge in [-0.25, -0.2) is 0 Å². The number of aromatic nitrogens is 1. The Hall–Kier alpha value is -1.39. The number of benzene rings is 2. The summed E-state index contributed by atoms with van der Waals surface area (Å²) >= 11 is 18.9. The first-order valence-corrected chi connectivity index (χ1v) is 9.22. The molecule has 2 aromatic carbocycles. The lowest BCUT2D eigenvalue weighted by Gasteiger charge is -2.10. The van der Waals surface area contributed by atoms with E-state index < -0.39 is 0 Å². The molecule has 3 N–H and O–H groups in total. The average molecular weight is 398 g/mol. The molecule has 0 spiro atoms. The van der Waals surface area contributed by atoms with Crippen molar-refractivity contribution < 1.29 is 4.74 Å². The van der Waals surface area contributed by atoms with Crippen LogP contribution in [0.2, 0.25) is 15.1 Å². The number of aromatic amines is 1. The van der Waals surface area contributed by atoms with Gasteiger partial charge < -0.3 is 15.5 Å². The molecule has 0 bridgehead atoms. The molecular weight excluding hydrogens is 379 g/mol. The number of nitrogens with one attached hydrogen (secondary N) is 1. The summed E-state index contributed by atoms with van der Waals surface area (Å²) < 4.78 is 5.53. The molecular formula is C19H19Cl3N2O. The Labute approximate surface area is 162 Å². The molecule has 0 aliphatic heterocycles. The Morgan fingerprint density at radius 2 is 1.84 bits per heavy atom. The van der Waals surface area contributed by atoms with Crippen molar-refractivity contribution in [2.75, 3.05) is 13.7 Å². The Morgan fingerprint density at radius 3 is 2.56 bits per heavy atom. The maximum Gasteiger partial charge on any atom is 0.128 e. The molecule has 25 heavy (non-hydrogen) atoms. The lowest BCUT2D eigenvalue weighted by Crippen LogP contribution is -1.99. The minimum atomic E-state index is 0.592. The smallest absolute Gasteiger partial charge is 0.128 e. The van der Waals surface area contributed by atoms with Crippen molar-refractivity contribution >= 4 is 45.7 Å². The minimum absolute atomic E-state index is 0.592. The molecule has 0 aliphatic rings. The van der Waals surface area contributed by atoms with Crippen LogP contribution in [0.5, 0.6) is 5.75 Å². The van der Waals surface area contributed by atoms with E-state index >= 15 is 0 Å². The van der Waals surface area contributed by atoms with Crippen LogP contribution in [0, 0.1) is 0 Å². The topological polar surface area (TPSA) is 51.0 Å². The predicted molar refractivity (Wildman–Crippen MR) is 107 cm³/mol. The van der Waals surface area contributed by atoms with Gasteiger partial charge in [0.2, 0.25) is 0 Å². The maximum atomic E-state index is 6.41. The number of methoxy groups -OCH3 is 1. The Kier molecular flexibility index (Phi) is 5.80. The van der Waals surface area contributed by atoms with Crippen molar-refractivity contribution in [3.8, 4) is 17.0 Å². The second kappa shape index (κ2) is 7.88. The monoisotopic (exact) mass is 396 g/mol. The largest absolute Gasteiger partial charge is 0.496 e. The Morgan fingerprint density at radius 1 is 1.04 bits per heavy atom. The van der Waals surface area contributed by atoms with Crippen molar-refractivity contribution in [1.82, 2.24) is 4.98 Å². The molecule has 0 saturated heterocycles. The first-order valence-electron chi connectivity index (χ1n) is 8.08. The van der Waals surface area contributed by atoms with Crippen LogP contribution in [0.3, 0.4) is 0 Å². The van der Waals surface area contributed by atoms with Gasteiger partial charge in [-0.2, -0.15) is 0 Å². The van der Waals surface area contributed by atoms with E-state index in [1.54, 1.807) is 13.2 Å². The number of fused-ring (bicyclic) bond motifs is 1. The second-order valence-corrected chi connectivity index (χ2v) is 7.16. The highest BCUT2D eigenvalue weighted by molar-refractivity contribution is 6.38. The molecule has 0 radical (unpaired) electrons. The molecule has 3 aromatic rings. The molecule has 3 rings (SSSR count). The fourth-order valence-electron chi connectivity index (χ4n) is 3.09. The van der Waals surface area contributed by atoms with E-state index in [1.807, 2.05) is 24.3 Å². The number of H-pyrrole nitrogens is 1. The summed E-state index contributed by atoms with van der Waals surface area (Å²) in [6.45, 7) is 0.666. The van der Waals surface area contributed by atoms with Gasteiger partial charge >= 0.3 is 0 Å². The van der Waals surface area contributed by atoms with Gasteiger partial charge in [-0.15, -0.1) is 0 Å². The maximum absolute atomic E-state index is 6.41. The average Bonchev–Trinajstić information content (AvgIpc) is 2.94. The fourth-order valence-corrected chi connectivity index (χ4v) is 3.80. The highest BCUT2D eigenvalue weighted by Crippen LogP contribution is 2.40. The molecule has 1 heterocycles. The summed E-state index contributed by atoms with van der Waals surface area (Å²) in [5.74, 6) is 0.748. The standard InChI is InChI=1S/C19H19Cl3N2O/c1-25-17-6-5-11(20)8-15(17)18-13(4-2-3-7-23)14-9-12(21)10-16(22)19(14)24-18/h5-6,8-10,24H,2-4,7,23H2,1H3. The van der Waals surface area contributed by atoms with Gasteiger partial charge in [0, 0.05) is 21.0 Å². The molecule has 0 aliphatic carbocycles. The van der Waals surface area contributed by atoms with Crippen molar-refractivity contribution in [3.63, 3.8) is 0 Å². The van der Waals surface area contributed by atoms with Crippen LogP contribution < -0.4 is 10.5 Å². The van der Waals surface area contributed by atoms with Gasteiger partial charge in [0.1, 0.15) is 5.75 Å². The molecule has 6 heteroatoms. The van der Waals surface area contributed by atoms with Gasteiger partial charge in [0.15, 0.2) is 0 Å². The van der Waals surface area contributed by atoms with Gasteiger partial charge in [-0.3, -0.25) is 0 Å². The van der Waals surface area contributed by atoms with Crippen LogP contribution in [-0.2, 0) is 6.42 Å². The van der Waals surface area contributed by atoms with Crippen molar-refractivity contribution in [3.05, 3.63) is 51.0 Å². The molecule has 0 amide bonds. The summed E-state index contributed by atoms with van der Waals surface area (Å²) in [5, 5.41) is 2.87. The fraction of sp³-hybridized carbons (Fsp3) is 0.263. The predicted octanol–water partition coefficient (Wildman–Crippen LogP) is 6.09. The summed E-state index contributed by atoms with van der Waals surface area (Å²) in [7, 11) is 1.65. The molecule has 0 atom stereocenters. The third kappa shape index (κ3) is 3.75. The summed E-state index contributed by atoms with van der Waals surface area (Å²) in [4.78, 5) is 3.44. The molecule has 1 aromatic heterocycles. The third-order valence-corrected chi connectivity index (χ3v) is 5.00.